The Morgan fingerprint density at radius 1 is 0.600 bits per heavy atom. The number of methoxy groups -OCH3 is 4. The minimum absolute atomic E-state index is 0.648. The van der Waals surface area contributed by atoms with E-state index in [0.29, 0.717) is 23.0 Å². The summed E-state index contributed by atoms with van der Waals surface area (Å²) >= 11 is 0. The Morgan fingerprint density at radius 3 is 1.68 bits per heavy atom. The summed E-state index contributed by atoms with van der Waals surface area (Å²) < 4.78 is 27.1. The number of rotatable bonds is 6. The van der Waals surface area contributed by atoms with E-state index in [-0.39, 0.29) is 0 Å². The van der Waals surface area contributed by atoms with Crippen molar-refractivity contribution < 1.29 is 23.4 Å². The zero-order valence-electron chi connectivity index (χ0n) is 14.7. The summed E-state index contributed by atoms with van der Waals surface area (Å²) in [7, 11) is 6.45. The summed E-state index contributed by atoms with van der Waals surface area (Å²) in [6.45, 7) is 0. The molecule has 25 heavy (non-hydrogen) atoms. The molecule has 0 radical (unpaired) electrons. The van der Waals surface area contributed by atoms with Crippen LogP contribution in [0.25, 0.3) is 22.5 Å². The summed E-state index contributed by atoms with van der Waals surface area (Å²) in [5.41, 5.74) is 2.82. The van der Waals surface area contributed by atoms with Gasteiger partial charge in [0.2, 0.25) is 0 Å². The van der Waals surface area contributed by atoms with Gasteiger partial charge < -0.3 is 23.4 Å². The minimum atomic E-state index is 0.648. The Balaban J connectivity index is 2.07. The minimum Gasteiger partial charge on any atom is -0.493 e. The normalized spacial score (nSPS) is 10.4. The molecule has 0 aliphatic rings. The van der Waals surface area contributed by atoms with Crippen LogP contribution in [0.3, 0.4) is 0 Å². The van der Waals surface area contributed by atoms with Crippen LogP contribution in [0.1, 0.15) is 0 Å². The smallest absolute Gasteiger partial charge is 0.161 e. The summed E-state index contributed by atoms with van der Waals surface area (Å²) in [6, 6.07) is 13.4. The van der Waals surface area contributed by atoms with E-state index >= 15 is 0 Å². The third kappa shape index (κ3) is 3.13. The van der Waals surface area contributed by atoms with Gasteiger partial charge in [-0.2, -0.15) is 0 Å². The molecule has 1 aromatic heterocycles. The molecule has 0 amide bonds. The summed E-state index contributed by atoms with van der Waals surface area (Å²) in [6.07, 6.45) is 1.66. The highest BCUT2D eigenvalue weighted by atomic mass is 16.5. The molecule has 0 spiro atoms. The van der Waals surface area contributed by atoms with E-state index in [4.69, 9.17) is 23.4 Å². The fourth-order valence-corrected chi connectivity index (χ4v) is 2.74. The SMILES string of the molecule is COc1ccc(-c2ccoc2-c2ccc(OC)c(OC)c2)cc1OC. The molecule has 3 rings (SSSR count). The van der Waals surface area contributed by atoms with Crippen LogP contribution in [0.2, 0.25) is 0 Å². The molecule has 3 aromatic rings. The van der Waals surface area contributed by atoms with E-state index in [9.17, 15) is 0 Å². The van der Waals surface area contributed by atoms with Crippen molar-refractivity contribution in [1.82, 2.24) is 0 Å². The second kappa shape index (κ2) is 7.21. The molecule has 0 aliphatic heterocycles. The van der Waals surface area contributed by atoms with Gasteiger partial charge in [0, 0.05) is 11.1 Å². The summed E-state index contributed by atoms with van der Waals surface area (Å²) in [5, 5.41) is 0. The average molecular weight is 340 g/mol. The van der Waals surface area contributed by atoms with Crippen LogP contribution in [0.4, 0.5) is 0 Å². The number of hydrogen-bond acceptors (Lipinski definition) is 5. The van der Waals surface area contributed by atoms with Crippen molar-refractivity contribution in [2.24, 2.45) is 0 Å². The Bertz CT molecular complexity index is 796. The third-order valence-corrected chi connectivity index (χ3v) is 4.01. The highest BCUT2D eigenvalue weighted by molar-refractivity contribution is 5.81. The third-order valence-electron chi connectivity index (χ3n) is 4.01. The zero-order chi connectivity index (χ0) is 17.8. The monoisotopic (exact) mass is 340 g/mol. The Morgan fingerprint density at radius 2 is 1.12 bits per heavy atom. The van der Waals surface area contributed by atoms with E-state index in [0.717, 1.165) is 22.5 Å². The molecule has 1 heterocycles. The fraction of sp³-hybridized carbons (Fsp3) is 0.200. The first-order valence-corrected chi connectivity index (χ1v) is 7.74. The van der Waals surface area contributed by atoms with Crippen molar-refractivity contribution in [3.63, 3.8) is 0 Å². The lowest BCUT2D eigenvalue weighted by Gasteiger charge is -2.11. The van der Waals surface area contributed by atoms with Gasteiger partial charge in [0.05, 0.1) is 34.7 Å². The number of hydrogen-bond donors (Lipinski definition) is 0. The molecule has 0 bridgehead atoms. The van der Waals surface area contributed by atoms with Crippen LogP contribution in [0.15, 0.2) is 53.1 Å². The molecule has 0 aliphatic carbocycles. The molecule has 0 unspecified atom stereocenters. The van der Waals surface area contributed by atoms with Gasteiger partial charge in [0.1, 0.15) is 5.76 Å². The number of furan rings is 1. The maximum Gasteiger partial charge on any atom is 0.161 e. The second-order valence-corrected chi connectivity index (χ2v) is 5.30. The molecule has 5 heteroatoms. The van der Waals surface area contributed by atoms with E-state index in [2.05, 4.69) is 0 Å². The molecule has 0 saturated heterocycles. The lowest BCUT2D eigenvalue weighted by molar-refractivity contribution is 0.355. The molecular weight excluding hydrogens is 320 g/mol. The largest absolute Gasteiger partial charge is 0.493 e. The molecule has 0 atom stereocenters. The van der Waals surface area contributed by atoms with Gasteiger partial charge in [-0.1, -0.05) is 6.07 Å². The van der Waals surface area contributed by atoms with Crippen molar-refractivity contribution in [1.29, 1.82) is 0 Å². The van der Waals surface area contributed by atoms with Crippen molar-refractivity contribution in [3.8, 4) is 45.4 Å². The first-order chi connectivity index (χ1) is 12.2. The van der Waals surface area contributed by atoms with E-state index in [1.165, 1.54) is 0 Å². The number of ether oxygens (including phenoxy) is 4. The van der Waals surface area contributed by atoms with Gasteiger partial charge in [-0.3, -0.25) is 0 Å². The molecule has 0 fully saturated rings. The van der Waals surface area contributed by atoms with Crippen molar-refractivity contribution in [2.75, 3.05) is 28.4 Å². The van der Waals surface area contributed by atoms with Crippen molar-refractivity contribution in [2.45, 2.75) is 0 Å². The van der Waals surface area contributed by atoms with Crippen LogP contribution in [-0.2, 0) is 0 Å². The van der Waals surface area contributed by atoms with Gasteiger partial charge in [0.25, 0.3) is 0 Å². The first kappa shape index (κ1) is 16.8. The fourth-order valence-electron chi connectivity index (χ4n) is 2.74. The lowest BCUT2D eigenvalue weighted by atomic mass is 10.0. The molecule has 0 saturated carbocycles. The van der Waals surface area contributed by atoms with Crippen LogP contribution in [0.5, 0.6) is 23.0 Å². The van der Waals surface area contributed by atoms with Crippen molar-refractivity contribution >= 4 is 0 Å². The van der Waals surface area contributed by atoms with Crippen LogP contribution >= 0.6 is 0 Å². The van der Waals surface area contributed by atoms with Gasteiger partial charge in [-0.15, -0.1) is 0 Å². The summed E-state index contributed by atoms with van der Waals surface area (Å²) in [5.74, 6) is 3.41. The number of benzene rings is 2. The molecule has 0 N–H and O–H groups in total. The quantitative estimate of drug-likeness (QED) is 0.654. The highest BCUT2D eigenvalue weighted by Gasteiger charge is 2.15. The maximum atomic E-state index is 5.74. The van der Waals surface area contributed by atoms with Crippen LogP contribution < -0.4 is 18.9 Å². The topological polar surface area (TPSA) is 50.1 Å². The lowest BCUT2D eigenvalue weighted by Crippen LogP contribution is -1.92. The molecule has 130 valence electrons. The van der Waals surface area contributed by atoms with Gasteiger partial charge in [0.15, 0.2) is 23.0 Å². The predicted octanol–water partition coefficient (Wildman–Crippen LogP) is 4.65. The summed E-state index contributed by atoms with van der Waals surface area (Å²) in [4.78, 5) is 0. The first-order valence-electron chi connectivity index (χ1n) is 7.74. The Kier molecular flexibility index (Phi) is 4.84. The standard InChI is InChI=1S/C20H20O5/c1-21-16-7-5-13(11-18(16)23-3)15-9-10-25-20(15)14-6-8-17(22-2)19(12-14)24-4/h5-12H,1-4H3. The molecule has 5 nitrogen and oxygen atoms in total. The maximum absolute atomic E-state index is 5.74. The molecule has 2 aromatic carbocycles. The van der Waals surface area contributed by atoms with Crippen molar-refractivity contribution in [3.05, 3.63) is 48.7 Å². The molecular formula is C20H20O5. The Hall–Kier alpha value is -3.08. The average Bonchev–Trinajstić information content (AvgIpc) is 3.16. The predicted molar refractivity (Wildman–Crippen MR) is 95.8 cm³/mol. The Labute approximate surface area is 146 Å². The second-order valence-electron chi connectivity index (χ2n) is 5.30. The zero-order valence-corrected chi connectivity index (χ0v) is 14.7. The van der Waals surface area contributed by atoms with E-state index < -0.39 is 0 Å². The van der Waals surface area contributed by atoms with Crippen LogP contribution in [0, 0.1) is 0 Å². The van der Waals surface area contributed by atoms with Gasteiger partial charge in [-0.05, 0) is 42.0 Å². The highest BCUT2D eigenvalue weighted by Crippen LogP contribution is 2.40. The van der Waals surface area contributed by atoms with E-state index in [1.54, 1.807) is 34.7 Å². The van der Waals surface area contributed by atoms with Gasteiger partial charge >= 0.3 is 0 Å². The van der Waals surface area contributed by atoms with E-state index in [1.807, 2.05) is 42.5 Å². The van der Waals surface area contributed by atoms with Crippen LogP contribution in [-0.4, -0.2) is 28.4 Å². The van der Waals surface area contributed by atoms with Gasteiger partial charge in [-0.25, -0.2) is 0 Å².